The smallest absolute Gasteiger partial charge is 0.239 e. The third-order valence-corrected chi connectivity index (χ3v) is 5.24. The van der Waals surface area contributed by atoms with E-state index in [2.05, 4.69) is 12.2 Å². The lowest BCUT2D eigenvalue weighted by Crippen LogP contribution is -2.44. The fourth-order valence-electron chi connectivity index (χ4n) is 3.45. The molecule has 0 bridgehead atoms. The molecule has 0 radical (unpaired) electrons. The largest absolute Gasteiger partial charge is 0.341 e. The van der Waals surface area contributed by atoms with Crippen LogP contribution < -0.4 is 10.2 Å². The van der Waals surface area contributed by atoms with Crippen molar-refractivity contribution in [1.29, 1.82) is 0 Å². The summed E-state index contributed by atoms with van der Waals surface area (Å²) in [4.78, 5) is 28.9. The van der Waals surface area contributed by atoms with Gasteiger partial charge in [0, 0.05) is 31.9 Å². The summed E-state index contributed by atoms with van der Waals surface area (Å²) in [5.74, 6) is -0.617. The fraction of sp³-hybridized carbons (Fsp3) is 0.556. The van der Waals surface area contributed by atoms with Crippen LogP contribution in [-0.4, -0.2) is 49.4 Å². The van der Waals surface area contributed by atoms with Gasteiger partial charge in [-0.25, -0.2) is 0 Å². The van der Waals surface area contributed by atoms with Crippen molar-refractivity contribution in [1.82, 2.24) is 10.2 Å². The number of amides is 2. The maximum Gasteiger partial charge on any atom is 0.239 e. The lowest BCUT2D eigenvalue weighted by atomic mass is 10.1. The minimum Gasteiger partial charge on any atom is -0.341 e. The van der Waals surface area contributed by atoms with E-state index in [4.69, 9.17) is 0 Å². The first-order valence-corrected chi connectivity index (χ1v) is 8.35. The molecule has 5 nitrogen and oxygen atoms in total. The zero-order chi connectivity index (χ0) is 16.6. The molecule has 0 spiro atoms. The van der Waals surface area contributed by atoms with E-state index >= 15 is 0 Å². The SMILES string of the molecule is Cc1ccc(N2CCC(C(=O)N(C)C3CCNC3)C2=O)cc1C. The fourth-order valence-corrected chi connectivity index (χ4v) is 3.45. The number of carbonyl (C=O) groups is 2. The number of anilines is 1. The molecule has 0 aromatic heterocycles. The number of hydrogen-bond acceptors (Lipinski definition) is 3. The number of likely N-dealkylation sites (N-methyl/N-ethyl adjacent to an activating group) is 1. The van der Waals surface area contributed by atoms with Gasteiger partial charge in [0.2, 0.25) is 11.8 Å². The molecular formula is C18H25N3O2. The Morgan fingerprint density at radius 1 is 1.26 bits per heavy atom. The number of carbonyl (C=O) groups excluding carboxylic acids is 2. The van der Waals surface area contributed by atoms with Crippen LogP contribution in [0.1, 0.15) is 24.0 Å². The second-order valence-electron chi connectivity index (χ2n) is 6.70. The van der Waals surface area contributed by atoms with Crippen molar-refractivity contribution >= 4 is 17.5 Å². The highest BCUT2D eigenvalue weighted by Gasteiger charge is 2.40. The zero-order valence-corrected chi connectivity index (χ0v) is 14.1. The van der Waals surface area contributed by atoms with Crippen molar-refractivity contribution < 1.29 is 9.59 Å². The molecule has 1 aromatic carbocycles. The summed E-state index contributed by atoms with van der Waals surface area (Å²) in [6, 6.07) is 6.25. The number of nitrogens with one attached hydrogen (secondary N) is 1. The first-order chi connectivity index (χ1) is 11.0. The molecular weight excluding hydrogens is 290 g/mol. The number of benzene rings is 1. The predicted octanol–water partition coefficient (Wildman–Crippen LogP) is 1.48. The Morgan fingerprint density at radius 2 is 2.04 bits per heavy atom. The molecule has 2 fully saturated rings. The van der Waals surface area contributed by atoms with Gasteiger partial charge in [0.25, 0.3) is 0 Å². The van der Waals surface area contributed by atoms with Crippen molar-refractivity contribution in [2.24, 2.45) is 5.92 Å². The van der Waals surface area contributed by atoms with Crippen molar-refractivity contribution in [2.45, 2.75) is 32.7 Å². The third-order valence-electron chi connectivity index (χ3n) is 5.24. The number of nitrogens with zero attached hydrogens (tertiary/aromatic N) is 2. The Kier molecular flexibility index (Phi) is 4.39. The quantitative estimate of drug-likeness (QED) is 0.860. The molecule has 2 heterocycles. The van der Waals surface area contributed by atoms with Crippen LogP contribution in [0.15, 0.2) is 18.2 Å². The van der Waals surface area contributed by atoms with Gasteiger partial charge in [-0.05, 0) is 56.5 Å². The molecule has 2 amide bonds. The predicted molar refractivity (Wildman–Crippen MR) is 90.4 cm³/mol. The average Bonchev–Trinajstić information content (AvgIpc) is 3.18. The van der Waals surface area contributed by atoms with E-state index in [0.717, 1.165) is 25.2 Å². The van der Waals surface area contributed by atoms with Crippen LogP contribution in [0.3, 0.4) is 0 Å². The highest BCUT2D eigenvalue weighted by molar-refractivity contribution is 6.09. The normalized spacial score (nSPS) is 24.3. The summed E-state index contributed by atoms with van der Waals surface area (Å²) in [6.07, 6.45) is 1.57. The lowest BCUT2D eigenvalue weighted by Gasteiger charge is -2.26. The van der Waals surface area contributed by atoms with Crippen molar-refractivity contribution in [3.05, 3.63) is 29.3 Å². The second kappa shape index (κ2) is 6.32. The van der Waals surface area contributed by atoms with Crippen molar-refractivity contribution in [3.8, 4) is 0 Å². The van der Waals surface area contributed by atoms with Crippen molar-refractivity contribution in [2.75, 3.05) is 31.6 Å². The van der Waals surface area contributed by atoms with Gasteiger partial charge in [-0.3, -0.25) is 9.59 Å². The molecule has 2 unspecified atom stereocenters. The summed E-state index contributed by atoms with van der Waals surface area (Å²) >= 11 is 0. The van der Waals surface area contributed by atoms with E-state index < -0.39 is 5.92 Å². The average molecular weight is 315 g/mol. The van der Waals surface area contributed by atoms with E-state index in [-0.39, 0.29) is 17.9 Å². The monoisotopic (exact) mass is 315 g/mol. The van der Waals surface area contributed by atoms with Gasteiger partial charge in [-0.1, -0.05) is 6.07 Å². The number of hydrogen-bond donors (Lipinski definition) is 1. The van der Waals surface area contributed by atoms with Crippen LogP contribution in [0.5, 0.6) is 0 Å². The summed E-state index contributed by atoms with van der Waals surface area (Å²) < 4.78 is 0. The Balaban J connectivity index is 1.73. The van der Waals surface area contributed by atoms with Gasteiger partial charge in [0.15, 0.2) is 0 Å². The van der Waals surface area contributed by atoms with Gasteiger partial charge in [0.1, 0.15) is 5.92 Å². The number of aryl methyl sites for hydroxylation is 2. The first kappa shape index (κ1) is 16.0. The molecule has 0 saturated carbocycles. The van der Waals surface area contributed by atoms with Gasteiger partial charge in [-0.15, -0.1) is 0 Å². The van der Waals surface area contributed by atoms with Crippen LogP contribution in [0.4, 0.5) is 5.69 Å². The third kappa shape index (κ3) is 2.98. The Labute approximate surface area is 137 Å². The van der Waals surface area contributed by atoms with Crippen LogP contribution >= 0.6 is 0 Å². The summed E-state index contributed by atoms with van der Waals surface area (Å²) in [5.41, 5.74) is 3.28. The highest BCUT2D eigenvalue weighted by atomic mass is 16.2. The van der Waals surface area contributed by atoms with E-state index in [9.17, 15) is 9.59 Å². The van der Waals surface area contributed by atoms with E-state index in [1.165, 1.54) is 11.1 Å². The van der Waals surface area contributed by atoms with Crippen LogP contribution in [0, 0.1) is 19.8 Å². The Hall–Kier alpha value is -1.88. The molecule has 2 atom stereocenters. The van der Waals surface area contributed by atoms with Gasteiger partial charge >= 0.3 is 0 Å². The van der Waals surface area contributed by atoms with E-state index in [0.29, 0.717) is 13.0 Å². The minimum absolute atomic E-state index is 0.0324. The molecule has 124 valence electrons. The van der Waals surface area contributed by atoms with Crippen LogP contribution in [0.25, 0.3) is 0 Å². The lowest BCUT2D eigenvalue weighted by molar-refractivity contribution is -0.140. The van der Waals surface area contributed by atoms with Crippen LogP contribution in [-0.2, 0) is 9.59 Å². The van der Waals surface area contributed by atoms with E-state index in [1.54, 1.807) is 9.80 Å². The van der Waals surface area contributed by atoms with Gasteiger partial charge in [0.05, 0.1) is 0 Å². The van der Waals surface area contributed by atoms with Gasteiger partial charge in [-0.2, -0.15) is 0 Å². The maximum atomic E-state index is 12.7. The Bertz CT molecular complexity index is 623. The summed E-state index contributed by atoms with van der Waals surface area (Å²) in [6.45, 7) is 6.49. The molecule has 1 N–H and O–H groups in total. The van der Waals surface area contributed by atoms with Gasteiger partial charge < -0.3 is 15.1 Å². The standard InChI is InChI=1S/C18H25N3O2/c1-12-4-5-14(10-13(12)2)21-9-7-16(18(21)23)17(22)20(3)15-6-8-19-11-15/h4-5,10,15-16,19H,6-9,11H2,1-3H3. The molecule has 5 heteroatoms. The molecule has 2 aliphatic heterocycles. The molecule has 2 aliphatic rings. The van der Waals surface area contributed by atoms with Crippen molar-refractivity contribution in [3.63, 3.8) is 0 Å². The minimum atomic E-state index is -0.526. The molecule has 23 heavy (non-hydrogen) atoms. The summed E-state index contributed by atoms with van der Waals surface area (Å²) in [7, 11) is 1.83. The highest BCUT2D eigenvalue weighted by Crippen LogP contribution is 2.28. The zero-order valence-electron chi connectivity index (χ0n) is 14.1. The summed E-state index contributed by atoms with van der Waals surface area (Å²) in [5, 5.41) is 3.27. The molecule has 0 aliphatic carbocycles. The Morgan fingerprint density at radius 3 is 2.70 bits per heavy atom. The topological polar surface area (TPSA) is 52.7 Å². The molecule has 3 rings (SSSR count). The van der Waals surface area contributed by atoms with Crippen LogP contribution in [0.2, 0.25) is 0 Å². The molecule has 2 saturated heterocycles. The maximum absolute atomic E-state index is 12.7. The number of rotatable bonds is 3. The molecule has 1 aromatic rings. The second-order valence-corrected chi connectivity index (χ2v) is 6.70. The first-order valence-electron chi connectivity index (χ1n) is 8.35. The van der Waals surface area contributed by atoms with E-state index in [1.807, 2.05) is 32.2 Å².